The van der Waals surface area contributed by atoms with Crippen LogP contribution >= 0.6 is 0 Å². The Morgan fingerprint density at radius 2 is 2.14 bits per heavy atom. The van der Waals surface area contributed by atoms with E-state index in [2.05, 4.69) is 9.62 Å². The number of sulfonamides is 1. The largest absolute Gasteiger partial charge is 0.390 e. The molecule has 1 aliphatic heterocycles. The van der Waals surface area contributed by atoms with Gasteiger partial charge in [0.05, 0.1) is 11.5 Å². The van der Waals surface area contributed by atoms with Gasteiger partial charge in [0.1, 0.15) is 0 Å². The van der Waals surface area contributed by atoms with Crippen molar-refractivity contribution in [2.24, 2.45) is 0 Å². The molecule has 1 aromatic heterocycles. The van der Waals surface area contributed by atoms with Gasteiger partial charge in [0.25, 0.3) is 0 Å². The first-order valence-corrected chi connectivity index (χ1v) is 9.01. The highest BCUT2D eigenvalue weighted by molar-refractivity contribution is 7.89. The van der Waals surface area contributed by atoms with Crippen molar-refractivity contribution in [1.82, 2.24) is 14.2 Å². The Morgan fingerprint density at radius 3 is 2.71 bits per heavy atom. The van der Waals surface area contributed by atoms with Crippen molar-refractivity contribution < 1.29 is 13.5 Å². The Balaban J connectivity index is 1.72. The molecular weight excluding hydrogens is 290 g/mol. The fourth-order valence-electron chi connectivity index (χ4n) is 2.99. The number of hydrogen-bond donors (Lipinski definition) is 2. The molecule has 2 aliphatic rings. The van der Waals surface area contributed by atoms with Gasteiger partial charge < -0.3 is 14.6 Å². The predicted octanol–water partition coefficient (Wildman–Crippen LogP) is 0.688. The van der Waals surface area contributed by atoms with E-state index in [4.69, 9.17) is 0 Å². The van der Waals surface area contributed by atoms with Crippen LogP contribution in [0, 0.1) is 0 Å². The third kappa shape index (κ3) is 3.15. The van der Waals surface area contributed by atoms with Gasteiger partial charge in [-0.3, -0.25) is 0 Å². The van der Waals surface area contributed by atoms with Crippen LogP contribution in [0.5, 0.6) is 0 Å². The normalized spacial score (nSPS) is 23.8. The molecule has 0 amide bonds. The van der Waals surface area contributed by atoms with Crippen LogP contribution in [-0.2, 0) is 16.6 Å². The van der Waals surface area contributed by atoms with Gasteiger partial charge in [-0.25, -0.2) is 13.1 Å². The first kappa shape index (κ1) is 15.0. The quantitative estimate of drug-likeness (QED) is 0.810. The molecule has 2 N–H and O–H groups in total. The minimum Gasteiger partial charge on any atom is -0.390 e. The van der Waals surface area contributed by atoms with E-state index in [-0.39, 0.29) is 17.5 Å². The lowest BCUT2D eigenvalue weighted by Crippen LogP contribution is -2.38. The molecule has 7 heteroatoms. The van der Waals surface area contributed by atoms with E-state index in [1.807, 2.05) is 11.6 Å². The Kier molecular flexibility index (Phi) is 4.09. The molecule has 0 radical (unpaired) electrons. The number of aliphatic hydroxyl groups is 1. The predicted molar refractivity (Wildman–Crippen MR) is 79.5 cm³/mol. The van der Waals surface area contributed by atoms with Crippen molar-refractivity contribution in [3.63, 3.8) is 0 Å². The summed E-state index contributed by atoms with van der Waals surface area (Å²) in [5.41, 5.74) is 0.677. The van der Waals surface area contributed by atoms with Crippen molar-refractivity contribution in [2.75, 3.05) is 20.1 Å². The maximum atomic E-state index is 12.4. The number of nitrogens with zero attached hydrogens (tertiary/aromatic N) is 2. The van der Waals surface area contributed by atoms with E-state index in [1.165, 1.54) is 0 Å². The smallest absolute Gasteiger partial charge is 0.242 e. The molecule has 21 heavy (non-hydrogen) atoms. The third-order valence-corrected chi connectivity index (χ3v) is 5.89. The maximum absolute atomic E-state index is 12.4. The van der Waals surface area contributed by atoms with Crippen molar-refractivity contribution in [1.29, 1.82) is 0 Å². The number of likely N-dealkylation sites (tertiary alicyclic amines) is 1. The lowest BCUT2D eigenvalue weighted by Gasteiger charge is -2.19. The highest BCUT2D eigenvalue weighted by Gasteiger charge is 2.29. The molecule has 0 bridgehead atoms. The Bertz CT molecular complexity index is 607. The van der Waals surface area contributed by atoms with Crippen molar-refractivity contribution in [2.45, 2.75) is 49.3 Å². The number of nitrogens with one attached hydrogen (secondary N) is 1. The molecule has 1 unspecified atom stereocenters. The molecule has 3 rings (SSSR count). The van der Waals surface area contributed by atoms with E-state index in [0.29, 0.717) is 18.3 Å². The van der Waals surface area contributed by atoms with Crippen molar-refractivity contribution in [3.8, 4) is 0 Å². The van der Waals surface area contributed by atoms with Crippen LogP contribution in [0.15, 0.2) is 17.2 Å². The van der Waals surface area contributed by atoms with Crippen LogP contribution in [0.2, 0.25) is 0 Å². The highest BCUT2D eigenvalue weighted by atomic mass is 32.2. The molecule has 2 heterocycles. The summed E-state index contributed by atoms with van der Waals surface area (Å²) >= 11 is 0. The zero-order chi connectivity index (χ0) is 15.0. The first-order valence-electron chi connectivity index (χ1n) is 7.53. The molecular formula is C14H23N3O3S. The summed E-state index contributed by atoms with van der Waals surface area (Å²) in [6.45, 7) is 1.35. The summed E-state index contributed by atoms with van der Waals surface area (Å²) in [7, 11) is -1.47. The van der Waals surface area contributed by atoms with Crippen LogP contribution in [0.3, 0.4) is 0 Å². The van der Waals surface area contributed by atoms with E-state index in [0.717, 1.165) is 32.2 Å². The minimum absolute atomic E-state index is 0.128. The van der Waals surface area contributed by atoms with Gasteiger partial charge in [-0.05, 0) is 45.3 Å². The summed E-state index contributed by atoms with van der Waals surface area (Å²) in [4.78, 5) is 2.45. The molecule has 2 fully saturated rings. The lowest BCUT2D eigenvalue weighted by molar-refractivity contribution is 0.270. The topological polar surface area (TPSA) is 74.6 Å². The minimum atomic E-state index is -3.50. The number of hydrogen-bond acceptors (Lipinski definition) is 4. The van der Waals surface area contributed by atoms with Gasteiger partial charge in [0, 0.05) is 30.5 Å². The Labute approximate surface area is 125 Å². The number of rotatable bonds is 6. The van der Waals surface area contributed by atoms with Gasteiger partial charge in [0.2, 0.25) is 10.0 Å². The molecule has 1 aliphatic carbocycles. The zero-order valence-electron chi connectivity index (χ0n) is 12.3. The van der Waals surface area contributed by atoms with Crippen LogP contribution in [0.1, 0.15) is 37.4 Å². The van der Waals surface area contributed by atoms with Gasteiger partial charge >= 0.3 is 0 Å². The fraction of sp³-hybridized carbons (Fsp3) is 0.714. The Morgan fingerprint density at radius 1 is 1.38 bits per heavy atom. The van der Waals surface area contributed by atoms with Gasteiger partial charge in [0.15, 0.2) is 0 Å². The lowest BCUT2D eigenvalue weighted by atomic mass is 10.2. The molecule has 6 nitrogen and oxygen atoms in total. The van der Waals surface area contributed by atoms with Gasteiger partial charge in [-0.15, -0.1) is 0 Å². The average Bonchev–Trinajstić information content (AvgIpc) is 3.06. The summed E-state index contributed by atoms with van der Waals surface area (Å²) in [6.07, 6.45) is 5.92. The van der Waals surface area contributed by atoms with E-state index < -0.39 is 10.0 Å². The second-order valence-corrected chi connectivity index (χ2v) is 7.86. The number of likely N-dealkylation sites (N-methyl/N-ethyl adjacent to an activating group) is 1. The SMILES string of the molecule is CN1CCCC1CNS(=O)(=O)c1cc(CO)n(C2CC2)c1. The molecule has 0 spiro atoms. The summed E-state index contributed by atoms with van der Waals surface area (Å²) < 4.78 is 29.4. The third-order valence-electron chi connectivity index (χ3n) is 4.50. The molecule has 0 aromatic carbocycles. The summed E-state index contributed by atoms with van der Waals surface area (Å²) in [5.74, 6) is 0. The molecule has 1 saturated heterocycles. The van der Waals surface area contributed by atoms with Crippen LogP contribution < -0.4 is 4.72 Å². The second kappa shape index (κ2) is 5.72. The zero-order valence-corrected chi connectivity index (χ0v) is 13.1. The molecule has 1 aromatic rings. The summed E-state index contributed by atoms with van der Waals surface area (Å²) in [6, 6.07) is 2.22. The number of aliphatic hydroxyl groups excluding tert-OH is 1. The highest BCUT2D eigenvalue weighted by Crippen LogP contribution is 2.37. The number of aromatic nitrogens is 1. The van der Waals surface area contributed by atoms with Gasteiger partial charge in [-0.1, -0.05) is 0 Å². The average molecular weight is 313 g/mol. The fourth-order valence-corrected chi connectivity index (χ4v) is 4.11. The van der Waals surface area contributed by atoms with Crippen molar-refractivity contribution in [3.05, 3.63) is 18.0 Å². The standard InChI is InChI=1S/C14H23N3O3S/c1-16-6-2-3-12(16)8-15-21(19,20)14-7-13(10-18)17(9-14)11-4-5-11/h7,9,11-12,15,18H,2-6,8,10H2,1H3. The second-order valence-electron chi connectivity index (χ2n) is 6.09. The van der Waals surface area contributed by atoms with Crippen LogP contribution in [0.25, 0.3) is 0 Å². The molecule has 118 valence electrons. The summed E-state index contributed by atoms with van der Waals surface area (Å²) in [5, 5.41) is 9.37. The van der Waals surface area contributed by atoms with Crippen LogP contribution in [-0.4, -0.2) is 49.2 Å². The van der Waals surface area contributed by atoms with E-state index >= 15 is 0 Å². The van der Waals surface area contributed by atoms with E-state index in [1.54, 1.807) is 12.3 Å². The Hall–Kier alpha value is -0.890. The maximum Gasteiger partial charge on any atom is 0.242 e. The van der Waals surface area contributed by atoms with Crippen molar-refractivity contribution >= 4 is 10.0 Å². The first-order chi connectivity index (χ1) is 10.0. The van der Waals surface area contributed by atoms with Crippen LogP contribution in [0.4, 0.5) is 0 Å². The molecule has 1 atom stereocenters. The molecule has 1 saturated carbocycles. The van der Waals surface area contributed by atoms with E-state index in [9.17, 15) is 13.5 Å². The monoisotopic (exact) mass is 313 g/mol. The van der Waals surface area contributed by atoms with Gasteiger partial charge in [-0.2, -0.15) is 0 Å².